The molecular weight excluding hydrogens is 144 g/mol. The van der Waals surface area contributed by atoms with Gasteiger partial charge in [-0.2, -0.15) is 0 Å². The molecule has 0 aliphatic carbocycles. The Bertz CT molecular complexity index is 191. The van der Waals surface area contributed by atoms with Gasteiger partial charge in [-0.1, -0.05) is 0 Å². The fraction of sp³-hybridized carbons (Fsp3) is 0.714. The topological polar surface area (TPSA) is 49.4 Å². The van der Waals surface area contributed by atoms with E-state index in [2.05, 4.69) is 5.32 Å². The third-order valence-corrected chi connectivity index (χ3v) is 1.96. The summed E-state index contributed by atoms with van der Waals surface area (Å²) < 4.78 is 0. The first-order valence-corrected chi connectivity index (χ1v) is 3.60. The van der Waals surface area contributed by atoms with Gasteiger partial charge in [-0.05, 0) is 0 Å². The number of amides is 2. The van der Waals surface area contributed by atoms with E-state index in [1.165, 1.54) is 0 Å². The molecule has 1 aliphatic heterocycles. The summed E-state index contributed by atoms with van der Waals surface area (Å²) in [5.41, 5.74) is 0. The van der Waals surface area contributed by atoms with Crippen molar-refractivity contribution >= 4 is 11.8 Å². The Balaban J connectivity index is 2.53. The normalized spacial score (nSPS) is 24.0. The molecule has 1 aliphatic rings. The SMILES string of the molecule is CNC(=O)[C@H]1CC(=O)N(C)C1. The van der Waals surface area contributed by atoms with Crippen molar-refractivity contribution in [2.45, 2.75) is 6.42 Å². The zero-order valence-corrected chi connectivity index (χ0v) is 6.76. The first-order chi connectivity index (χ1) is 5.15. The molecule has 0 aromatic rings. The highest BCUT2D eigenvalue weighted by molar-refractivity contribution is 5.88. The van der Waals surface area contributed by atoms with Crippen molar-refractivity contribution in [1.29, 1.82) is 0 Å². The van der Waals surface area contributed by atoms with Crippen molar-refractivity contribution in [3.05, 3.63) is 0 Å². The Morgan fingerprint density at radius 1 is 1.73 bits per heavy atom. The Hall–Kier alpha value is -1.06. The lowest BCUT2D eigenvalue weighted by molar-refractivity contribution is -0.128. The lowest BCUT2D eigenvalue weighted by Crippen LogP contribution is -2.29. The molecule has 1 atom stereocenters. The Morgan fingerprint density at radius 3 is 2.73 bits per heavy atom. The molecule has 11 heavy (non-hydrogen) atoms. The molecular formula is C7H12N2O2. The van der Waals surface area contributed by atoms with E-state index in [1.807, 2.05) is 0 Å². The predicted molar refractivity (Wildman–Crippen MR) is 39.8 cm³/mol. The number of hydrogen-bond acceptors (Lipinski definition) is 2. The minimum absolute atomic E-state index is 0.0392. The highest BCUT2D eigenvalue weighted by Gasteiger charge is 2.31. The zero-order valence-electron chi connectivity index (χ0n) is 6.76. The molecule has 0 aromatic carbocycles. The Morgan fingerprint density at radius 2 is 2.36 bits per heavy atom. The van der Waals surface area contributed by atoms with Gasteiger partial charge < -0.3 is 10.2 Å². The summed E-state index contributed by atoms with van der Waals surface area (Å²) in [4.78, 5) is 23.5. The zero-order chi connectivity index (χ0) is 8.43. The molecule has 0 radical (unpaired) electrons. The monoisotopic (exact) mass is 156 g/mol. The van der Waals surface area contributed by atoms with Crippen molar-refractivity contribution in [2.75, 3.05) is 20.6 Å². The summed E-state index contributed by atoms with van der Waals surface area (Å²) in [6, 6.07) is 0. The predicted octanol–water partition coefficient (Wildman–Crippen LogP) is -0.789. The van der Waals surface area contributed by atoms with Crippen molar-refractivity contribution in [3.63, 3.8) is 0 Å². The van der Waals surface area contributed by atoms with Crippen LogP contribution in [0.1, 0.15) is 6.42 Å². The maximum atomic E-state index is 11.0. The van der Waals surface area contributed by atoms with Crippen LogP contribution in [0.3, 0.4) is 0 Å². The van der Waals surface area contributed by atoms with Gasteiger partial charge in [-0.3, -0.25) is 9.59 Å². The molecule has 0 aromatic heterocycles. The van der Waals surface area contributed by atoms with E-state index in [9.17, 15) is 9.59 Å². The number of nitrogens with one attached hydrogen (secondary N) is 1. The van der Waals surface area contributed by atoms with Gasteiger partial charge in [-0.15, -0.1) is 0 Å². The average molecular weight is 156 g/mol. The van der Waals surface area contributed by atoms with Crippen LogP contribution in [0.2, 0.25) is 0 Å². The highest BCUT2D eigenvalue weighted by atomic mass is 16.2. The van der Waals surface area contributed by atoms with Crippen LogP contribution in [0.5, 0.6) is 0 Å². The molecule has 4 heteroatoms. The van der Waals surface area contributed by atoms with Crippen LogP contribution < -0.4 is 5.32 Å². The van der Waals surface area contributed by atoms with Gasteiger partial charge in [0.2, 0.25) is 11.8 Å². The number of nitrogens with zero attached hydrogens (tertiary/aromatic N) is 1. The molecule has 1 fully saturated rings. The lowest BCUT2D eigenvalue weighted by Gasteiger charge is -2.07. The van der Waals surface area contributed by atoms with Crippen LogP contribution in [-0.2, 0) is 9.59 Å². The molecule has 0 spiro atoms. The van der Waals surface area contributed by atoms with Gasteiger partial charge in [-0.25, -0.2) is 0 Å². The van der Waals surface area contributed by atoms with Crippen LogP contribution in [0.25, 0.3) is 0 Å². The molecule has 0 bridgehead atoms. The number of carbonyl (C=O) groups is 2. The van der Waals surface area contributed by atoms with Crippen LogP contribution in [-0.4, -0.2) is 37.4 Å². The minimum atomic E-state index is -0.141. The van der Waals surface area contributed by atoms with Gasteiger partial charge >= 0.3 is 0 Å². The van der Waals surface area contributed by atoms with E-state index in [4.69, 9.17) is 0 Å². The van der Waals surface area contributed by atoms with E-state index in [-0.39, 0.29) is 17.7 Å². The second-order valence-corrected chi connectivity index (χ2v) is 2.79. The first-order valence-electron chi connectivity index (χ1n) is 3.60. The minimum Gasteiger partial charge on any atom is -0.359 e. The van der Waals surface area contributed by atoms with Gasteiger partial charge in [0, 0.05) is 27.1 Å². The van der Waals surface area contributed by atoms with Crippen LogP contribution in [0.15, 0.2) is 0 Å². The molecule has 4 nitrogen and oxygen atoms in total. The van der Waals surface area contributed by atoms with Crippen LogP contribution in [0, 0.1) is 5.92 Å². The van der Waals surface area contributed by atoms with Gasteiger partial charge in [0.15, 0.2) is 0 Å². The standard InChI is InChI=1S/C7H12N2O2/c1-8-7(11)5-3-6(10)9(2)4-5/h5H,3-4H2,1-2H3,(H,8,11)/t5-/m0/s1. The molecule has 1 saturated heterocycles. The van der Waals surface area contributed by atoms with Crippen LogP contribution in [0.4, 0.5) is 0 Å². The Labute approximate surface area is 65.6 Å². The number of rotatable bonds is 1. The lowest BCUT2D eigenvalue weighted by atomic mass is 10.1. The summed E-state index contributed by atoms with van der Waals surface area (Å²) in [7, 11) is 3.30. The van der Waals surface area contributed by atoms with Crippen molar-refractivity contribution in [3.8, 4) is 0 Å². The number of carbonyl (C=O) groups excluding carboxylic acids is 2. The number of likely N-dealkylation sites (tertiary alicyclic amines) is 1. The summed E-state index contributed by atoms with van der Waals surface area (Å²) >= 11 is 0. The van der Waals surface area contributed by atoms with Crippen molar-refractivity contribution < 1.29 is 9.59 Å². The fourth-order valence-corrected chi connectivity index (χ4v) is 1.24. The number of hydrogen-bond donors (Lipinski definition) is 1. The largest absolute Gasteiger partial charge is 0.359 e. The smallest absolute Gasteiger partial charge is 0.225 e. The fourth-order valence-electron chi connectivity index (χ4n) is 1.24. The molecule has 1 heterocycles. The van der Waals surface area contributed by atoms with Gasteiger partial charge in [0.25, 0.3) is 0 Å². The second kappa shape index (κ2) is 2.90. The van der Waals surface area contributed by atoms with Crippen molar-refractivity contribution in [1.82, 2.24) is 10.2 Å². The van der Waals surface area contributed by atoms with Gasteiger partial charge in [0.05, 0.1) is 5.92 Å². The maximum absolute atomic E-state index is 11.0. The third-order valence-electron chi connectivity index (χ3n) is 1.96. The molecule has 1 N–H and O–H groups in total. The molecule has 62 valence electrons. The summed E-state index contributed by atoms with van der Waals surface area (Å²) in [5, 5.41) is 2.53. The van der Waals surface area contributed by atoms with E-state index in [0.717, 1.165) is 0 Å². The van der Waals surface area contributed by atoms with E-state index in [1.54, 1.807) is 19.0 Å². The van der Waals surface area contributed by atoms with Crippen molar-refractivity contribution in [2.24, 2.45) is 5.92 Å². The Kier molecular flexibility index (Phi) is 2.12. The maximum Gasteiger partial charge on any atom is 0.225 e. The average Bonchev–Trinajstić information content (AvgIpc) is 2.31. The van der Waals surface area contributed by atoms with E-state index < -0.39 is 0 Å². The first kappa shape index (κ1) is 8.04. The van der Waals surface area contributed by atoms with E-state index >= 15 is 0 Å². The second-order valence-electron chi connectivity index (χ2n) is 2.79. The molecule has 0 saturated carbocycles. The summed E-state index contributed by atoms with van der Waals surface area (Å²) in [6.45, 7) is 0.554. The van der Waals surface area contributed by atoms with E-state index in [0.29, 0.717) is 13.0 Å². The summed E-state index contributed by atoms with van der Waals surface area (Å²) in [5.74, 6) is -0.126. The molecule has 2 amide bonds. The summed E-state index contributed by atoms with van der Waals surface area (Å²) in [6.07, 6.45) is 0.357. The highest BCUT2D eigenvalue weighted by Crippen LogP contribution is 2.15. The molecule has 1 rings (SSSR count). The van der Waals surface area contributed by atoms with Gasteiger partial charge in [0.1, 0.15) is 0 Å². The molecule has 0 unspecified atom stereocenters. The van der Waals surface area contributed by atoms with Crippen LogP contribution >= 0.6 is 0 Å². The quantitative estimate of drug-likeness (QED) is 0.541. The third kappa shape index (κ3) is 1.50.